The van der Waals surface area contributed by atoms with Crippen LogP contribution in [0.15, 0.2) is 0 Å². The second kappa shape index (κ2) is 3.48. The van der Waals surface area contributed by atoms with Crippen molar-refractivity contribution in [3.63, 3.8) is 0 Å². The predicted molar refractivity (Wildman–Crippen MR) is 58.5 cm³/mol. The number of ether oxygens (including phenoxy) is 1. The molecule has 1 N–H and O–H groups in total. The number of carbonyl (C=O) groups excluding carboxylic acids is 1. The number of hydrogen-bond donors (Lipinski definition) is 1. The third-order valence-electron chi connectivity index (χ3n) is 3.64. The van der Waals surface area contributed by atoms with Gasteiger partial charge in [0.15, 0.2) is 0 Å². The SMILES string of the molecule is CC(C)(C)OC(=O)C[C@]12CC[C@H]1CNC2. The smallest absolute Gasteiger partial charge is 0.306 e. The van der Waals surface area contributed by atoms with E-state index >= 15 is 0 Å². The van der Waals surface area contributed by atoms with Gasteiger partial charge in [0, 0.05) is 6.54 Å². The monoisotopic (exact) mass is 211 g/mol. The van der Waals surface area contributed by atoms with Gasteiger partial charge in [-0.05, 0) is 51.5 Å². The van der Waals surface area contributed by atoms with E-state index in [4.69, 9.17) is 4.74 Å². The maximum atomic E-state index is 11.7. The molecule has 1 saturated heterocycles. The van der Waals surface area contributed by atoms with E-state index in [0.29, 0.717) is 12.3 Å². The van der Waals surface area contributed by atoms with Crippen LogP contribution in [-0.2, 0) is 9.53 Å². The Kier molecular flexibility index (Phi) is 2.53. The van der Waals surface area contributed by atoms with E-state index in [9.17, 15) is 4.79 Å². The highest BCUT2D eigenvalue weighted by molar-refractivity contribution is 5.71. The number of esters is 1. The summed E-state index contributed by atoms with van der Waals surface area (Å²) in [5.41, 5.74) is -0.110. The van der Waals surface area contributed by atoms with Crippen molar-refractivity contribution in [2.24, 2.45) is 11.3 Å². The summed E-state index contributed by atoms with van der Waals surface area (Å²) in [6.07, 6.45) is 3.06. The van der Waals surface area contributed by atoms with E-state index in [2.05, 4.69) is 5.32 Å². The van der Waals surface area contributed by atoms with Gasteiger partial charge in [-0.1, -0.05) is 0 Å². The molecule has 86 valence electrons. The maximum absolute atomic E-state index is 11.7. The normalized spacial score (nSPS) is 34.5. The topological polar surface area (TPSA) is 38.3 Å². The quantitative estimate of drug-likeness (QED) is 0.707. The fraction of sp³-hybridized carbons (Fsp3) is 0.917. The van der Waals surface area contributed by atoms with Crippen LogP contribution in [0, 0.1) is 11.3 Å². The number of nitrogens with one attached hydrogen (secondary N) is 1. The van der Waals surface area contributed by atoms with Gasteiger partial charge in [-0.15, -0.1) is 0 Å². The third kappa shape index (κ3) is 2.17. The molecule has 0 radical (unpaired) electrons. The van der Waals surface area contributed by atoms with Crippen molar-refractivity contribution in [3.05, 3.63) is 0 Å². The molecule has 2 atom stereocenters. The molecule has 1 heterocycles. The molecule has 1 aliphatic carbocycles. The first-order valence-electron chi connectivity index (χ1n) is 5.84. The average molecular weight is 211 g/mol. The molecule has 1 aliphatic heterocycles. The Morgan fingerprint density at radius 2 is 2.27 bits per heavy atom. The predicted octanol–water partition coefficient (Wildman–Crippen LogP) is 1.72. The highest BCUT2D eigenvalue weighted by Gasteiger charge is 2.51. The van der Waals surface area contributed by atoms with Gasteiger partial charge in [0.2, 0.25) is 0 Å². The van der Waals surface area contributed by atoms with Crippen LogP contribution in [0.25, 0.3) is 0 Å². The molecule has 2 rings (SSSR count). The maximum Gasteiger partial charge on any atom is 0.306 e. The summed E-state index contributed by atoms with van der Waals surface area (Å²) in [6.45, 7) is 7.86. The van der Waals surface area contributed by atoms with E-state index < -0.39 is 0 Å². The number of rotatable bonds is 2. The van der Waals surface area contributed by atoms with Crippen molar-refractivity contribution >= 4 is 5.97 Å². The highest BCUT2D eigenvalue weighted by atomic mass is 16.6. The van der Waals surface area contributed by atoms with Crippen molar-refractivity contribution in [1.82, 2.24) is 5.32 Å². The van der Waals surface area contributed by atoms with E-state index in [1.165, 1.54) is 12.8 Å². The van der Waals surface area contributed by atoms with Crippen LogP contribution in [0.4, 0.5) is 0 Å². The molecule has 15 heavy (non-hydrogen) atoms. The van der Waals surface area contributed by atoms with Crippen molar-refractivity contribution in [1.29, 1.82) is 0 Å². The van der Waals surface area contributed by atoms with Gasteiger partial charge in [0.25, 0.3) is 0 Å². The summed E-state index contributed by atoms with van der Waals surface area (Å²) < 4.78 is 5.38. The lowest BCUT2D eigenvalue weighted by molar-refractivity contribution is -0.160. The lowest BCUT2D eigenvalue weighted by Gasteiger charge is -2.43. The van der Waals surface area contributed by atoms with Gasteiger partial charge >= 0.3 is 5.97 Å². The highest BCUT2D eigenvalue weighted by Crippen LogP contribution is 2.51. The van der Waals surface area contributed by atoms with Gasteiger partial charge in [-0.2, -0.15) is 0 Å². The van der Waals surface area contributed by atoms with Crippen LogP contribution in [0.5, 0.6) is 0 Å². The molecular weight excluding hydrogens is 190 g/mol. The number of fused-ring (bicyclic) bond motifs is 1. The second-order valence-electron chi connectivity index (χ2n) is 5.99. The van der Waals surface area contributed by atoms with E-state index in [1.54, 1.807) is 0 Å². The standard InChI is InChI=1S/C12H21NO2/c1-11(2,3)15-10(14)6-12-5-4-9(12)7-13-8-12/h9,13H,4-8H2,1-3H3/t9-,12-/m0/s1. The van der Waals surface area contributed by atoms with Gasteiger partial charge in [-0.25, -0.2) is 0 Å². The molecule has 3 nitrogen and oxygen atoms in total. The van der Waals surface area contributed by atoms with Gasteiger partial charge in [-0.3, -0.25) is 4.79 Å². The number of carbonyl (C=O) groups is 1. The molecule has 0 aromatic rings. The molecule has 0 bridgehead atoms. The van der Waals surface area contributed by atoms with Crippen LogP contribution in [-0.4, -0.2) is 24.7 Å². The van der Waals surface area contributed by atoms with Crippen molar-refractivity contribution < 1.29 is 9.53 Å². The molecule has 0 unspecified atom stereocenters. The minimum atomic E-state index is -0.348. The molecular formula is C12H21NO2. The molecule has 0 aromatic carbocycles. The minimum absolute atomic E-state index is 0.0316. The molecule has 0 amide bonds. The van der Waals surface area contributed by atoms with E-state index in [0.717, 1.165) is 13.1 Å². The van der Waals surface area contributed by atoms with Crippen molar-refractivity contribution in [2.45, 2.75) is 45.6 Å². The Labute approximate surface area is 91.6 Å². The molecule has 2 fully saturated rings. The molecule has 2 aliphatic rings. The average Bonchev–Trinajstić information content (AvgIpc) is 2.27. The molecule has 0 aromatic heterocycles. The Balaban J connectivity index is 1.89. The largest absolute Gasteiger partial charge is 0.460 e. The lowest BCUT2D eigenvalue weighted by atomic mass is 9.60. The van der Waals surface area contributed by atoms with Crippen LogP contribution < -0.4 is 5.32 Å². The van der Waals surface area contributed by atoms with Crippen LogP contribution >= 0.6 is 0 Å². The van der Waals surface area contributed by atoms with Crippen LogP contribution in [0.3, 0.4) is 0 Å². The zero-order chi connectivity index (χ0) is 11.1. The Hall–Kier alpha value is -0.570. The Morgan fingerprint density at radius 3 is 2.73 bits per heavy atom. The fourth-order valence-electron chi connectivity index (χ4n) is 2.76. The summed E-state index contributed by atoms with van der Waals surface area (Å²) in [4.78, 5) is 11.7. The van der Waals surface area contributed by atoms with Crippen molar-refractivity contribution in [2.75, 3.05) is 13.1 Å². The first kappa shape index (κ1) is 10.9. The summed E-state index contributed by atoms with van der Waals surface area (Å²) in [5, 5.41) is 3.39. The van der Waals surface area contributed by atoms with Crippen LogP contribution in [0.2, 0.25) is 0 Å². The van der Waals surface area contributed by atoms with Gasteiger partial charge in [0.05, 0.1) is 6.42 Å². The van der Waals surface area contributed by atoms with Gasteiger partial charge in [0.1, 0.15) is 5.60 Å². The van der Waals surface area contributed by atoms with Crippen molar-refractivity contribution in [3.8, 4) is 0 Å². The van der Waals surface area contributed by atoms with Gasteiger partial charge < -0.3 is 10.1 Å². The second-order valence-corrected chi connectivity index (χ2v) is 5.99. The summed E-state index contributed by atoms with van der Waals surface area (Å²) in [7, 11) is 0. The first-order chi connectivity index (χ1) is 6.91. The van der Waals surface area contributed by atoms with Crippen LogP contribution in [0.1, 0.15) is 40.0 Å². The third-order valence-corrected chi connectivity index (χ3v) is 3.64. The Bertz CT molecular complexity index is 269. The summed E-state index contributed by atoms with van der Waals surface area (Å²) >= 11 is 0. The fourth-order valence-corrected chi connectivity index (χ4v) is 2.76. The molecule has 1 saturated carbocycles. The lowest BCUT2D eigenvalue weighted by Crippen LogP contribution is -2.42. The Morgan fingerprint density at radius 1 is 1.53 bits per heavy atom. The first-order valence-corrected chi connectivity index (χ1v) is 5.84. The number of hydrogen-bond acceptors (Lipinski definition) is 3. The molecule has 0 spiro atoms. The zero-order valence-corrected chi connectivity index (χ0v) is 9.93. The van der Waals surface area contributed by atoms with E-state index in [1.807, 2.05) is 20.8 Å². The zero-order valence-electron chi connectivity index (χ0n) is 9.93. The minimum Gasteiger partial charge on any atom is -0.460 e. The summed E-state index contributed by atoms with van der Waals surface area (Å²) in [5.74, 6) is 0.681. The van der Waals surface area contributed by atoms with E-state index in [-0.39, 0.29) is 17.0 Å². The molecule has 3 heteroatoms. The summed E-state index contributed by atoms with van der Waals surface area (Å²) in [6, 6.07) is 0.